The summed E-state index contributed by atoms with van der Waals surface area (Å²) in [5.74, 6) is 1.72. The van der Waals surface area contributed by atoms with Crippen molar-refractivity contribution in [3.8, 4) is 0 Å². The van der Waals surface area contributed by atoms with Crippen LogP contribution >= 0.6 is 27.5 Å². The molecule has 0 amide bonds. The minimum atomic E-state index is -0.164. The molecule has 17 heavy (non-hydrogen) atoms. The van der Waals surface area contributed by atoms with Crippen LogP contribution in [-0.4, -0.2) is 5.88 Å². The first kappa shape index (κ1) is 13.4. The number of hydrogen-bond donors (Lipinski definition) is 0. The molecule has 1 aliphatic rings. The van der Waals surface area contributed by atoms with Crippen LogP contribution in [0.5, 0.6) is 0 Å². The Kier molecular flexibility index (Phi) is 4.87. The molecule has 0 heterocycles. The summed E-state index contributed by atoms with van der Waals surface area (Å²) in [6, 6.07) is 4.89. The highest BCUT2D eigenvalue weighted by Crippen LogP contribution is 2.35. The molecule has 2 rings (SSSR count). The van der Waals surface area contributed by atoms with Crippen molar-refractivity contribution >= 4 is 27.5 Å². The van der Waals surface area contributed by atoms with Crippen LogP contribution in [0.3, 0.4) is 0 Å². The van der Waals surface area contributed by atoms with E-state index in [4.69, 9.17) is 11.6 Å². The van der Waals surface area contributed by atoms with Gasteiger partial charge in [-0.25, -0.2) is 4.39 Å². The third-order valence-corrected chi connectivity index (χ3v) is 4.92. The Hall–Kier alpha value is -0.0800. The first-order chi connectivity index (χ1) is 8.20. The van der Waals surface area contributed by atoms with Crippen LogP contribution in [0.25, 0.3) is 0 Å². The molecule has 0 nitrogen and oxygen atoms in total. The van der Waals surface area contributed by atoms with Crippen molar-refractivity contribution < 1.29 is 4.39 Å². The SMILES string of the molecule is Fc1ccc(Br)c(CC(CCl)C2CCCC2)c1. The van der Waals surface area contributed by atoms with E-state index >= 15 is 0 Å². The molecule has 0 saturated heterocycles. The Bertz CT molecular complexity index is 374. The molecular weight excluding hydrogens is 303 g/mol. The zero-order valence-corrected chi connectivity index (χ0v) is 12.1. The van der Waals surface area contributed by atoms with E-state index in [0.29, 0.717) is 11.8 Å². The van der Waals surface area contributed by atoms with Crippen molar-refractivity contribution in [2.45, 2.75) is 32.1 Å². The molecule has 0 radical (unpaired) electrons. The zero-order valence-electron chi connectivity index (χ0n) is 9.76. The molecule has 1 fully saturated rings. The molecule has 1 aromatic rings. The van der Waals surface area contributed by atoms with Gasteiger partial charge in [-0.05, 0) is 42.0 Å². The fourth-order valence-corrected chi connectivity index (χ4v) is 3.53. The first-order valence-electron chi connectivity index (χ1n) is 6.20. The predicted molar refractivity (Wildman–Crippen MR) is 74.0 cm³/mol. The van der Waals surface area contributed by atoms with Gasteiger partial charge in [-0.3, -0.25) is 0 Å². The topological polar surface area (TPSA) is 0 Å². The lowest BCUT2D eigenvalue weighted by atomic mass is 9.87. The highest BCUT2D eigenvalue weighted by atomic mass is 79.9. The van der Waals surface area contributed by atoms with E-state index in [2.05, 4.69) is 15.9 Å². The summed E-state index contributed by atoms with van der Waals surface area (Å²) in [4.78, 5) is 0. The van der Waals surface area contributed by atoms with E-state index < -0.39 is 0 Å². The van der Waals surface area contributed by atoms with Crippen LogP contribution in [0.4, 0.5) is 4.39 Å². The monoisotopic (exact) mass is 318 g/mol. The third-order valence-electron chi connectivity index (χ3n) is 3.75. The summed E-state index contributed by atoms with van der Waals surface area (Å²) in [5, 5.41) is 0. The molecule has 1 aliphatic carbocycles. The van der Waals surface area contributed by atoms with E-state index in [1.165, 1.54) is 31.7 Å². The van der Waals surface area contributed by atoms with Crippen LogP contribution in [0.1, 0.15) is 31.2 Å². The maximum atomic E-state index is 13.2. The Labute approximate surface area is 116 Å². The number of hydrogen-bond acceptors (Lipinski definition) is 0. The van der Waals surface area contributed by atoms with Gasteiger partial charge in [-0.15, -0.1) is 11.6 Å². The summed E-state index contributed by atoms with van der Waals surface area (Å²) in [6.07, 6.45) is 6.09. The fraction of sp³-hybridized carbons (Fsp3) is 0.571. The van der Waals surface area contributed by atoms with E-state index in [0.717, 1.165) is 22.4 Å². The minimum absolute atomic E-state index is 0.164. The molecule has 0 N–H and O–H groups in total. The van der Waals surface area contributed by atoms with Crippen molar-refractivity contribution in [1.82, 2.24) is 0 Å². The molecular formula is C14H17BrClF. The maximum absolute atomic E-state index is 13.2. The lowest BCUT2D eigenvalue weighted by Crippen LogP contribution is -2.16. The molecule has 1 saturated carbocycles. The smallest absolute Gasteiger partial charge is 0.123 e. The van der Waals surface area contributed by atoms with Gasteiger partial charge in [0.15, 0.2) is 0 Å². The van der Waals surface area contributed by atoms with Gasteiger partial charge in [-0.2, -0.15) is 0 Å². The fourth-order valence-electron chi connectivity index (χ4n) is 2.76. The maximum Gasteiger partial charge on any atom is 0.123 e. The van der Waals surface area contributed by atoms with Gasteiger partial charge in [0, 0.05) is 10.4 Å². The molecule has 1 aromatic carbocycles. The van der Waals surface area contributed by atoms with Crippen LogP contribution in [-0.2, 0) is 6.42 Å². The number of halogens is 3. The van der Waals surface area contributed by atoms with Crippen molar-refractivity contribution in [1.29, 1.82) is 0 Å². The summed E-state index contributed by atoms with van der Waals surface area (Å²) < 4.78 is 14.2. The van der Waals surface area contributed by atoms with Gasteiger partial charge in [0.2, 0.25) is 0 Å². The highest BCUT2D eigenvalue weighted by Gasteiger charge is 2.25. The van der Waals surface area contributed by atoms with Crippen LogP contribution in [0, 0.1) is 17.7 Å². The summed E-state index contributed by atoms with van der Waals surface area (Å²) in [6.45, 7) is 0. The lowest BCUT2D eigenvalue weighted by Gasteiger charge is -2.21. The molecule has 1 unspecified atom stereocenters. The number of rotatable bonds is 4. The molecule has 0 aliphatic heterocycles. The zero-order chi connectivity index (χ0) is 12.3. The van der Waals surface area contributed by atoms with Gasteiger partial charge >= 0.3 is 0 Å². The quantitative estimate of drug-likeness (QED) is 0.671. The van der Waals surface area contributed by atoms with Crippen LogP contribution in [0.2, 0.25) is 0 Å². The molecule has 3 heteroatoms. The van der Waals surface area contributed by atoms with E-state index in [9.17, 15) is 4.39 Å². The van der Waals surface area contributed by atoms with Gasteiger partial charge in [0.05, 0.1) is 0 Å². The Morgan fingerprint density at radius 3 is 2.71 bits per heavy atom. The number of benzene rings is 1. The van der Waals surface area contributed by atoms with E-state index in [1.54, 1.807) is 12.1 Å². The highest BCUT2D eigenvalue weighted by molar-refractivity contribution is 9.10. The Morgan fingerprint density at radius 1 is 1.35 bits per heavy atom. The van der Waals surface area contributed by atoms with Crippen molar-refractivity contribution in [2.24, 2.45) is 11.8 Å². The average molecular weight is 320 g/mol. The predicted octanol–water partition coefficient (Wildman–Crippen LogP) is 5.18. The van der Waals surface area contributed by atoms with Crippen molar-refractivity contribution in [2.75, 3.05) is 5.88 Å². The second-order valence-electron chi connectivity index (χ2n) is 4.90. The molecule has 1 atom stereocenters. The Morgan fingerprint density at radius 2 is 2.06 bits per heavy atom. The molecule has 0 spiro atoms. The van der Waals surface area contributed by atoms with E-state index in [1.807, 2.05) is 0 Å². The van der Waals surface area contributed by atoms with E-state index in [-0.39, 0.29) is 5.82 Å². The number of alkyl halides is 1. The van der Waals surface area contributed by atoms with Crippen molar-refractivity contribution in [3.63, 3.8) is 0 Å². The van der Waals surface area contributed by atoms with Gasteiger partial charge in [-0.1, -0.05) is 41.6 Å². The summed E-state index contributed by atoms with van der Waals surface area (Å²) in [7, 11) is 0. The lowest BCUT2D eigenvalue weighted by molar-refractivity contribution is 0.368. The first-order valence-corrected chi connectivity index (χ1v) is 7.53. The minimum Gasteiger partial charge on any atom is -0.207 e. The standard InChI is InChI=1S/C14H17BrClF/c15-14-6-5-13(17)8-11(14)7-12(9-16)10-3-1-2-4-10/h5-6,8,10,12H,1-4,7,9H2. The average Bonchev–Trinajstić information content (AvgIpc) is 2.84. The second kappa shape index (κ2) is 6.19. The third kappa shape index (κ3) is 3.45. The van der Waals surface area contributed by atoms with Gasteiger partial charge in [0.25, 0.3) is 0 Å². The molecule has 94 valence electrons. The summed E-state index contributed by atoms with van der Waals surface area (Å²) in [5.41, 5.74) is 1.04. The van der Waals surface area contributed by atoms with Crippen LogP contribution < -0.4 is 0 Å². The molecule has 0 bridgehead atoms. The largest absolute Gasteiger partial charge is 0.207 e. The van der Waals surface area contributed by atoms with Gasteiger partial charge < -0.3 is 0 Å². The summed E-state index contributed by atoms with van der Waals surface area (Å²) >= 11 is 9.57. The Balaban J connectivity index is 2.09. The van der Waals surface area contributed by atoms with Crippen molar-refractivity contribution in [3.05, 3.63) is 34.1 Å². The second-order valence-corrected chi connectivity index (χ2v) is 6.06. The molecule has 0 aromatic heterocycles. The van der Waals surface area contributed by atoms with Gasteiger partial charge in [0.1, 0.15) is 5.82 Å². The normalized spacial score (nSPS) is 18.5. The van der Waals surface area contributed by atoms with Crippen LogP contribution in [0.15, 0.2) is 22.7 Å².